The number of anilines is 1. The number of carbonyl (C=O) groups is 1. The standard InChI is InChI=1S/C16H18BrN3O4/c1-10(20-15-9-18-13(8-19-15)16(22)23)12-4-3-11(17)7-14(12)24-6-2-5-21/h3-4,7-10,21H,2,5-6H2,1H3,(H,19,20)(H,22,23). The molecule has 0 amide bonds. The van der Waals surface area contributed by atoms with Crippen LogP contribution in [0.15, 0.2) is 35.1 Å². The minimum absolute atomic E-state index is 0.0721. The molecule has 2 aromatic rings. The summed E-state index contributed by atoms with van der Waals surface area (Å²) in [7, 11) is 0. The molecule has 0 fully saturated rings. The molecule has 0 radical (unpaired) electrons. The van der Waals surface area contributed by atoms with Gasteiger partial charge < -0.3 is 20.3 Å². The second-order valence-electron chi connectivity index (χ2n) is 5.07. The fraction of sp³-hybridized carbons (Fsp3) is 0.312. The monoisotopic (exact) mass is 395 g/mol. The van der Waals surface area contributed by atoms with Gasteiger partial charge in [-0.3, -0.25) is 0 Å². The van der Waals surface area contributed by atoms with Crippen molar-refractivity contribution in [3.63, 3.8) is 0 Å². The van der Waals surface area contributed by atoms with Gasteiger partial charge in [0.15, 0.2) is 5.69 Å². The fourth-order valence-corrected chi connectivity index (χ4v) is 2.39. The highest BCUT2D eigenvalue weighted by atomic mass is 79.9. The number of rotatable bonds is 8. The zero-order valence-corrected chi connectivity index (χ0v) is 14.7. The predicted molar refractivity (Wildman–Crippen MR) is 92.4 cm³/mol. The number of hydrogen-bond acceptors (Lipinski definition) is 6. The number of hydrogen-bond donors (Lipinski definition) is 3. The molecule has 0 spiro atoms. The predicted octanol–water partition coefficient (Wildman–Crippen LogP) is 2.87. The lowest BCUT2D eigenvalue weighted by Crippen LogP contribution is -2.12. The van der Waals surface area contributed by atoms with Gasteiger partial charge in [0.05, 0.1) is 25.0 Å². The molecule has 128 valence electrons. The largest absolute Gasteiger partial charge is 0.493 e. The van der Waals surface area contributed by atoms with Crippen LogP contribution in [0.2, 0.25) is 0 Å². The highest BCUT2D eigenvalue weighted by Crippen LogP contribution is 2.30. The minimum atomic E-state index is -1.12. The van der Waals surface area contributed by atoms with Crippen molar-refractivity contribution in [1.82, 2.24) is 9.97 Å². The summed E-state index contributed by atoms with van der Waals surface area (Å²) < 4.78 is 6.62. The molecule has 24 heavy (non-hydrogen) atoms. The molecule has 1 atom stereocenters. The van der Waals surface area contributed by atoms with E-state index in [1.165, 1.54) is 12.4 Å². The first kappa shape index (κ1) is 18.2. The van der Waals surface area contributed by atoms with Crippen molar-refractivity contribution in [2.45, 2.75) is 19.4 Å². The van der Waals surface area contributed by atoms with Crippen LogP contribution in [0.5, 0.6) is 5.75 Å². The molecule has 7 nitrogen and oxygen atoms in total. The molecule has 0 aliphatic heterocycles. The maximum Gasteiger partial charge on any atom is 0.356 e. The highest BCUT2D eigenvalue weighted by Gasteiger charge is 2.14. The van der Waals surface area contributed by atoms with E-state index in [2.05, 4.69) is 31.2 Å². The Morgan fingerprint density at radius 2 is 2.17 bits per heavy atom. The van der Waals surface area contributed by atoms with E-state index in [9.17, 15) is 4.79 Å². The number of benzene rings is 1. The van der Waals surface area contributed by atoms with E-state index in [0.29, 0.717) is 24.6 Å². The molecular weight excluding hydrogens is 378 g/mol. The SMILES string of the molecule is CC(Nc1cnc(C(=O)O)cn1)c1ccc(Br)cc1OCCCO. The highest BCUT2D eigenvalue weighted by molar-refractivity contribution is 9.10. The van der Waals surface area contributed by atoms with E-state index in [-0.39, 0.29) is 18.3 Å². The van der Waals surface area contributed by atoms with Gasteiger partial charge in [0.1, 0.15) is 11.6 Å². The van der Waals surface area contributed by atoms with Crippen molar-refractivity contribution in [1.29, 1.82) is 0 Å². The molecule has 0 bridgehead atoms. The van der Waals surface area contributed by atoms with Crippen molar-refractivity contribution < 1.29 is 19.7 Å². The molecular formula is C16H18BrN3O4. The van der Waals surface area contributed by atoms with Gasteiger partial charge in [-0.05, 0) is 19.1 Å². The quantitative estimate of drug-likeness (QED) is 0.590. The molecule has 1 unspecified atom stereocenters. The van der Waals surface area contributed by atoms with Gasteiger partial charge in [-0.25, -0.2) is 14.8 Å². The summed E-state index contributed by atoms with van der Waals surface area (Å²) in [4.78, 5) is 18.7. The van der Waals surface area contributed by atoms with Crippen molar-refractivity contribution in [2.24, 2.45) is 0 Å². The third kappa shape index (κ3) is 4.90. The van der Waals surface area contributed by atoms with Gasteiger partial charge in [-0.15, -0.1) is 0 Å². The van der Waals surface area contributed by atoms with E-state index in [0.717, 1.165) is 10.0 Å². The van der Waals surface area contributed by atoms with Crippen LogP contribution < -0.4 is 10.1 Å². The zero-order valence-electron chi connectivity index (χ0n) is 13.1. The van der Waals surface area contributed by atoms with Gasteiger partial charge in [0.2, 0.25) is 0 Å². The van der Waals surface area contributed by atoms with Gasteiger partial charge >= 0.3 is 5.97 Å². The molecule has 0 aliphatic rings. The summed E-state index contributed by atoms with van der Waals surface area (Å²) in [6, 6.07) is 5.57. The average molecular weight is 396 g/mol. The van der Waals surface area contributed by atoms with Crippen molar-refractivity contribution >= 4 is 27.7 Å². The number of ether oxygens (including phenoxy) is 1. The van der Waals surface area contributed by atoms with Gasteiger partial charge in [0.25, 0.3) is 0 Å². The number of nitrogens with zero attached hydrogens (tertiary/aromatic N) is 2. The van der Waals surface area contributed by atoms with Crippen LogP contribution in [-0.4, -0.2) is 39.4 Å². The van der Waals surface area contributed by atoms with Crippen LogP contribution in [-0.2, 0) is 0 Å². The molecule has 0 aliphatic carbocycles. The van der Waals surface area contributed by atoms with E-state index >= 15 is 0 Å². The summed E-state index contributed by atoms with van der Waals surface area (Å²) in [6.45, 7) is 2.43. The number of aromatic nitrogens is 2. The van der Waals surface area contributed by atoms with Crippen molar-refractivity contribution in [3.8, 4) is 5.75 Å². The summed E-state index contributed by atoms with van der Waals surface area (Å²) in [5.74, 6) is 0.0549. The van der Waals surface area contributed by atoms with Crippen molar-refractivity contribution in [2.75, 3.05) is 18.5 Å². The maximum absolute atomic E-state index is 10.8. The van der Waals surface area contributed by atoms with Crippen LogP contribution in [0.4, 0.5) is 5.82 Å². The zero-order chi connectivity index (χ0) is 17.5. The Labute approximate surface area is 147 Å². The summed E-state index contributed by atoms with van der Waals surface area (Å²) in [5.41, 5.74) is 0.810. The Morgan fingerprint density at radius 1 is 1.38 bits per heavy atom. The number of aliphatic hydroxyl groups excluding tert-OH is 1. The average Bonchev–Trinajstić information content (AvgIpc) is 2.55. The smallest absolute Gasteiger partial charge is 0.356 e. The lowest BCUT2D eigenvalue weighted by molar-refractivity contribution is 0.0690. The molecule has 1 heterocycles. The number of carboxylic acids is 1. The first-order valence-electron chi connectivity index (χ1n) is 7.36. The summed E-state index contributed by atoms with van der Waals surface area (Å²) in [6.07, 6.45) is 3.14. The summed E-state index contributed by atoms with van der Waals surface area (Å²) >= 11 is 3.42. The van der Waals surface area contributed by atoms with Gasteiger partial charge in [-0.2, -0.15) is 0 Å². The summed E-state index contributed by atoms with van der Waals surface area (Å²) in [5, 5.41) is 20.9. The van der Waals surface area contributed by atoms with Crippen LogP contribution in [0, 0.1) is 0 Å². The van der Waals surface area contributed by atoms with Gasteiger partial charge in [0, 0.05) is 23.1 Å². The molecule has 0 saturated heterocycles. The first-order valence-corrected chi connectivity index (χ1v) is 8.15. The topological polar surface area (TPSA) is 105 Å². The third-order valence-corrected chi connectivity index (χ3v) is 3.73. The molecule has 3 N–H and O–H groups in total. The Bertz CT molecular complexity index is 694. The maximum atomic E-state index is 10.8. The number of aliphatic hydroxyl groups is 1. The Balaban J connectivity index is 2.13. The van der Waals surface area contributed by atoms with E-state index in [1.54, 1.807) is 0 Å². The molecule has 2 rings (SSSR count). The molecule has 0 saturated carbocycles. The number of halogens is 1. The number of nitrogens with one attached hydrogen (secondary N) is 1. The second kappa shape index (κ2) is 8.60. The number of carboxylic acid groups (broad SMARTS) is 1. The lowest BCUT2D eigenvalue weighted by Gasteiger charge is -2.19. The molecule has 1 aromatic carbocycles. The third-order valence-electron chi connectivity index (χ3n) is 3.24. The van der Waals surface area contributed by atoms with E-state index < -0.39 is 5.97 Å². The van der Waals surface area contributed by atoms with E-state index in [4.69, 9.17) is 14.9 Å². The first-order chi connectivity index (χ1) is 11.5. The van der Waals surface area contributed by atoms with Crippen LogP contribution in [0.25, 0.3) is 0 Å². The van der Waals surface area contributed by atoms with E-state index in [1.807, 2.05) is 25.1 Å². The fourth-order valence-electron chi connectivity index (χ4n) is 2.05. The second-order valence-corrected chi connectivity index (χ2v) is 5.98. The van der Waals surface area contributed by atoms with Crippen LogP contribution >= 0.6 is 15.9 Å². The van der Waals surface area contributed by atoms with Crippen LogP contribution in [0.3, 0.4) is 0 Å². The van der Waals surface area contributed by atoms with Crippen molar-refractivity contribution in [3.05, 3.63) is 46.3 Å². The molecule has 8 heteroatoms. The van der Waals surface area contributed by atoms with Gasteiger partial charge in [-0.1, -0.05) is 22.0 Å². The molecule has 1 aromatic heterocycles. The normalized spacial score (nSPS) is 11.8. The Morgan fingerprint density at radius 3 is 2.79 bits per heavy atom. The van der Waals surface area contributed by atoms with Crippen LogP contribution in [0.1, 0.15) is 35.4 Å². The number of aromatic carboxylic acids is 1. The minimum Gasteiger partial charge on any atom is -0.493 e. The Kier molecular flexibility index (Phi) is 6.51. The lowest BCUT2D eigenvalue weighted by atomic mass is 10.1. The Hall–Kier alpha value is -2.19.